The Balaban J connectivity index is 1.42. The fourth-order valence-corrected chi connectivity index (χ4v) is 2.77. The van der Waals surface area contributed by atoms with E-state index < -0.39 is 0 Å². The van der Waals surface area contributed by atoms with Gasteiger partial charge in [0.05, 0.1) is 29.5 Å². The van der Waals surface area contributed by atoms with Crippen molar-refractivity contribution in [3.05, 3.63) is 48.4 Å². The van der Waals surface area contributed by atoms with Gasteiger partial charge in [0, 0.05) is 18.3 Å². The maximum absolute atomic E-state index is 4.37. The van der Waals surface area contributed by atoms with Crippen LogP contribution in [0.5, 0.6) is 0 Å². The molecule has 124 valence electrons. The lowest BCUT2D eigenvalue weighted by Gasteiger charge is -2.05. The smallest absolute Gasteiger partial charge is 0.252 e. The van der Waals surface area contributed by atoms with Crippen LogP contribution in [-0.4, -0.2) is 39.9 Å². The van der Waals surface area contributed by atoms with E-state index >= 15 is 0 Å². The number of nitrogens with one attached hydrogen (secondary N) is 2. The van der Waals surface area contributed by atoms with E-state index in [2.05, 4.69) is 46.6 Å². The molecule has 4 aromatic rings. The molecule has 9 heteroatoms. The summed E-state index contributed by atoms with van der Waals surface area (Å²) in [7, 11) is 0. The topological polar surface area (TPSA) is 110 Å². The van der Waals surface area contributed by atoms with E-state index in [4.69, 9.17) is 0 Å². The van der Waals surface area contributed by atoms with Crippen molar-refractivity contribution < 1.29 is 0 Å². The summed E-state index contributed by atoms with van der Waals surface area (Å²) in [6, 6.07) is 3.88. The van der Waals surface area contributed by atoms with Gasteiger partial charge in [-0.25, -0.2) is 19.9 Å². The van der Waals surface area contributed by atoms with Gasteiger partial charge in [-0.2, -0.15) is 14.9 Å². The summed E-state index contributed by atoms with van der Waals surface area (Å²) >= 11 is 0. The third-order valence-electron chi connectivity index (χ3n) is 4.20. The number of fused-ring (bicyclic) bond motifs is 1. The summed E-state index contributed by atoms with van der Waals surface area (Å²) in [4.78, 5) is 17.1. The molecule has 0 amide bonds. The monoisotopic (exact) mass is 333 g/mol. The van der Waals surface area contributed by atoms with Crippen LogP contribution in [0.15, 0.2) is 37.1 Å². The lowest BCUT2D eigenvalue weighted by Crippen LogP contribution is -2.05. The van der Waals surface area contributed by atoms with Gasteiger partial charge in [-0.1, -0.05) is 0 Å². The highest BCUT2D eigenvalue weighted by Gasteiger charge is 2.26. The molecule has 0 atom stereocenters. The molecule has 2 N–H and O–H groups in total. The molecule has 0 aromatic carbocycles. The molecule has 1 fully saturated rings. The van der Waals surface area contributed by atoms with E-state index in [0.717, 1.165) is 22.6 Å². The molecule has 0 radical (unpaired) electrons. The Labute approximate surface area is 142 Å². The van der Waals surface area contributed by atoms with Crippen molar-refractivity contribution in [2.75, 3.05) is 5.32 Å². The minimum Gasteiger partial charge on any atom is -0.364 e. The van der Waals surface area contributed by atoms with Crippen LogP contribution < -0.4 is 5.32 Å². The highest BCUT2D eigenvalue weighted by atomic mass is 15.4. The summed E-state index contributed by atoms with van der Waals surface area (Å²) in [6.07, 6.45) is 9.05. The van der Waals surface area contributed by atoms with Crippen LogP contribution in [0.2, 0.25) is 0 Å². The van der Waals surface area contributed by atoms with E-state index in [1.807, 2.05) is 0 Å². The quantitative estimate of drug-likeness (QED) is 0.573. The normalized spacial score (nSPS) is 14.1. The minimum atomic E-state index is 0.477. The van der Waals surface area contributed by atoms with Crippen molar-refractivity contribution in [2.24, 2.45) is 0 Å². The lowest BCUT2D eigenvalue weighted by molar-refractivity contribution is 0.822. The summed E-state index contributed by atoms with van der Waals surface area (Å²) in [5.74, 6) is 1.83. The van der Waals surface area contributed by atoms with Crippen molar-refractivity contribution in [3.8, 4) is 5.95 Å². The largest absolute Gasteiger partial charge is 0.364 e. The fourth-order valence-electron chi connectivity index (χ4n) is 2.77. The predicted octanol–water partition coefficient (Wildman–Crippen LogP) is 1.82. The fraction of sp³-hybridized carbons (Fsp3) is 0.250. The predicted molar refractivity (Wildman–Crippen MR) is 90.1 cm³/mol. The zero-order valence-corrected chi connectivity index (χ0v) is 13.3. The van der Waals surface area contributed by atoms with E-state index in [-0.39, 0.29) is 0 Å². The molecule has 0 unspecified atom stereocenters. The summed E-state index contributed by atoms with van der Waals surface area (Å²) in [6.45, 7) is 0.610. The Kier molecular flexibility index (Phi) is 3.15. The molecule has 0 aliphatic heterocycles. The molecule has 4 aromatic heterocycles. The molecule has 25 heavy (non-hydrogen) atoms. The Morgan fingerprint density at radius 2 is 2.04 bits per heavy atom. The number of hydrogen-bond acceptors (Lipinski definition) is 7. The first-order valence-electron chi connectivity index (χ1n) is 8.12. The number of hydrogen-bond donors (Lipinski definition) is 2. The third kappa shape index (κ3) is 2.59. The van der Waals surface area contributed by atoms with E-state index in [1.54, 1.807) is 29.3 Å². The van der Waals surface area contributed by atoms with Gasteiger partial charge in [0.1, 0.15) is 12.1 Å². The molecule has 1 saturated carbocycles. The lowest BCUT2D eigenvalue weighted by atomic mass is 10.2. The van der Waals surface area contributed by atoms with E-state index in [0.29, 0.717) is 24.1 Å². The van der Waals surface area contributed by atoms with Crippen LogP contribution in [0.1, 0.15) is 30.1 Å². The van der Waals surface area contributed by atoms with Crippen molar-refractivity contribution in [2.45, 2.75) is 25.3 Å². The number of rotatable bonds is 5. The van der Waals surface area contributed by atoms with Gasteiger partial charge in [0.2, 0.25) is 0 Å². The van der Waals surface area contributed by atoms with Crippen LogP contribution in [-0.2, 0) is 6.54 Å². The van der Waals surface area contributed by atoms with Gasteiger partial charge in [0.25, 0.3) is 5.95 Å². The Hall–Kier alpha value is -3.36. The van der Waals surface area contributed by atoms with E-state index in [9.17, 15) is 0 Å². The second-order valence-electron chi connectivity index (χ2n) is 6.01. The Morgan fingerprint density at radius 3 is 2.88 bits per heavy atom. The highest BCUT2D eigenvalue weighted by molar-refractivity contribution is 5.86. The Bertz CT molecular complexity index is 1020. The molecule has 0 saturated heterocycles. The molecule has 4 heterocycles. The second kappa shape index (κ2) is 5.62. The van der Waals surface area contributed by atoms with Crippen LogP contribution >= 0.6 is 0 Å². The van der Waals surface area contributed by atoms with E-state index in [1.165, 1.54) is 19.2 Å². The van der Waals surface area contributed by atoms with Gasteiger partial charge in [-0.15, -0.1) is 0 Å². The molecule has 9 nitrogen and oxygen atoms in total. The summed E-state index contributed by atoms with van der Waals surface area (Å²) in [5, 5.41) is 15.9. The third-order valence-corrected chi connectivity index (χ3v) is 4.20. The summed E-state index contributed by atoms with van der Waals surface area (Å²) < 4.78 is 1.60. The second-order valence-corrected chi connectivity index (χ2v) is 6.01. The summed E-state index contributed by atoms with van der Waals surface area (Å²) in [5.41, 5.74) is 2.85. The van der Waals surface area contributed by atoms with Crippen LogP contribution in [0.25, 0.3) is 17.0 Å². The minimum absolute atomic E-state index is 0.477. The molecule has 5 rings (SSSR count). The number of H-pyrrole nitrogens is 1. The van der Waals surface area contributed by atoms with Crippen molar-refractivity contribution >= 4 is 16.9 Å². The van der Waals surface area contributed by atoms with Crippen molar-refractivity contribution in [1.29, 1.82) is 0 Å². The van der Waals surface area contributed by atoms with Gasteiger partial charge < -0.3 is 5.32 Å². The molecular formula is C16H15N9. The molecule has 1 aliphatic rings. The van der Waals surface area contributed by atoms with Crippen LogP contribution in [0.3, 0.4) is 0 Å². The van der Waals surface area contributed by atoms with Gasteiger partial charge >= 0.3 is 0 Å². The van der Waals surface area contributed by atoms with Crippen LogP contribution in [0, 0.1) is 0 Å². The SMILES string of the molecule is c1cnc(-n2ncc3c(NCc4cc(C5CC5)n[nH]4)ncnc32)nc1. The average Bonchev–Trinajstić information content (AvgIpc) is 3.24. The average molecular weight is 333 g/mol. The van der Waals surface area contributed by atoms with Gasteiger partial charge in [0.15, 0.2) is 5.65 Å². The Morgan fingerprint density at radius 1 is 1.16 bits per heavy atom. The molecular weight excluding hydrogens is 318 g/mol. The maximum atomic E-state index is 4.37. The van der Waals surface area contributed by atoms with Crippen molar-refractivity contribution in [1.82, 2.24) is 39.9 Å². The number of anilines is 1. The number of nitrogens with zero attached hydrogens (tertiary/aromatic N) is 7. The first-order valence-corrected chi connectivity index (χ1v) is 8.12. The number of aromatic amines is 1. The molecule has 0 spiro atoms. The first kappa shape index (κ1) is 14.0. The van der Waals surface area contributed by atoms with Crippen molar-refractivity contribution in [3.63, 3.8) is 0 Å². The standard InChI is InChI=1S/C16H15N9/c1-4-17-16(18-5-1)25-15-12(8-22-25)14(20-9-21-15)19-7-11-6-13(24-23-11)10-2-3-10/h1,4-6,8-10H,2-3,7H2,(H,23,24)(H,19,20,21). The zero-order valence-electron chi connectivity index (χ0n) is 13.3. The van der Waals surface area contributed by atoms with Gasteiger partial charge in [-0.05, 0) is 25.0 Å². The zero-order chi connectivity index (χ0) is 16.6. The highest BCUT2D eigenvalue weighted by Crippen LogP contribution is 2.39. The van der Waals surface area contributed by atoms with Crippen LogP contribution in [0.4, 0.5) is 5.82 Å². The van der Waals surface area contributed by atoms with Gasteiger partial charge in [-0.3, -0.25) is 5.10 Å². The number of aromatic nitrogens is 8. The first-order chi connectivity index (χ1) is 12.4. The molecule has 1 aliphatic carbocycles. The maximum Gasteiger partial charge on any atom is 0.252 e. The molecule has 0 bridgehead atoms.